The van der Waals surface area contributed by atoms with Crippen LogP contribution in [-0.4, -0.2) is 32.8 Å². The molecule has 3 aromatic rings. The summed E-state index contributed by atoms with van der Waals surface area (Å²) in [7, 11) is 1.49. The van der Waals surface area contributed by atoms with Crippen molar-refractivity contribution in [2.45, 2.75) is 6.92 Å². The molecule has 0 radical (unpaired) electrons. The summed E-state index contributed by atoms with van der Waals surface area (Å²) >= 11 is 0. The van der Waals surface area contributed by atoms with Crippen LogP contribution >= 0.6 is 0 Å². The van der Waals surface area contributed by atoms with Crippen LogP contribution in [0.1, 0.15) is 22.8 Å². The first kappa shape index (κ1) is 16.2. The Morgan fingerprint density at radius 2 is 2.04 bits per heavy atom. The average molecular weight is 334 g/mol. The summed E-state index contributed by atoms with van der Waals surface area (Å²) in [5.74, 6) is 0.618. The van der Waals surface area contributed by atoms with Gasteiger partial charge in [-0.05, 0) is 37.3 Å². The van der Waals surface area contributed by atoms with E-state index < -0.39 is 0 Å². The third-order valence-corrected chi connectivity index (χ3v) is 3.74. The Morgan fingerprint density at radius 1 is 1.24 bits per heavy atom. The van der Waals surface area contributed by atoms with Crippen molar-refractivity contribution in [2.75, 3.05) is 7.11 Å². The van der Waals surface area contributed by atoms with Gasteiger partial charge in [0.25, 0.3) is 0 Å². The highest BCUT2D eigenvalue weighted by Crippen LogP contribution is 2.37. The molecule has 124 valence electrons. The Labute approximate surface area is 143 Å². The van der Waals surface area contributed by atoms with Gasteiger partial charge >= 0.3 is 0 Å². The van der Waals surface area contributed by atoms with E-state index in [1.165, 1.54) is 31.1 Å². The van der Waals surface area contributed by atoms with Gasteiger partial charge in [-0.15, -0.1) is 0 Å². The fourth-order valence-corrected chi connectivity index (χ4v) is 2.40. The normalized spacial score (nSPS) is 10.3. The van der Waals surface area contributed by atoms with Gasteiger partial charge in [-0.25, -0.2) is 4.98 Å². The molecule has 0 spiro atoms. The van der Waals surface area contributed by atoms with Crippen LogP contribution in [0.15, 0.2) is 42.7 Å². The quantitative estimate of drug-likeness (QED) is 0.736. The zero-order valence-electron chi connectivity index (χ0n) is 13.6. The lowest BCUT2D eigenvalue weighted by atomic mass is 10.1. The maximum Gasteiger partial charge on any atom is 0.223 e. The highest BCUT2D eigenvalue weighted by molar-refractivity contribution is 5.93. The Balaban J connectivity index is 2.05. The van der Waals surface area contributed by atoms with Crippen LogP contribution in [0.4, 0.5) is 0 Å². The van der Waals surface area contributed by atoms with E-state index >= 15 is 0 Å². The molecule has 1 aromatic carbocycles. The van der Waals surface area contributed by atoms with Gasteiger partial charge in [0.05, 0.1) is 30.5 Å². The molecule has 0 unspecified atom stereocenters. The largest absolute Gasteiger partial charge is 0.496 e. The van der Waals surface area contributed by atoms with Gasteiger partial charge in [-0.1, -0.05) is 0 Å². The zero-order chi connectivity index (χ0) is 18.0. The molecule has 0 fully saturated rings. The van der Waals surface area contributed by atoms with E-state index in [0.717, 1.165) is 0 Å². The van der Waals surface area contributed by atoms with Crippen molar-refractivity contribution in [3.05, 3.63) is 53.9 Å². The fourth-order valence-electron chi connectivity index (χ4n) is 2.40. The van der Waals surface area contributed by atoms with Crippen molar-refractivity contribution in [1.82, 2.24) is 14.8 Å². The topological polar surface area (TPSA) is 101 Å². The number of aromatic hydroxyl groups is 1. The van der Waals surface area contributed by atoms with Crippen molar-refractivity contribution in [2.24, 2.45) is 0 Å². The molecule has 2 heterocycles. The van der Waals surface area contributed by atoms with Gasteiger partial charge in [0.1, 0.15) is 5.75 Å². The number of ketones is 1. The van der Waals surface area contributed by atoms with Crippen LogP contribution in [0, 0.1) is 11.3 Å². The van der Waals surface area contributed by atoms with Crippen molar-refractivity contribution in [1.29, 1.82) is 5.26 Å². The molecule has 0 aliphatic heterocycles. The number of benzene rings is 1. The molecule has 2 aromatic heterocycles. The molecular weight excluding hydrogens is 320 g/mol. The van der Waals surface area contributed by atoms with Crippen LogP contribution in [0.2, 0.25) is 0 Å². The minimum Gasteiger partial charge on any atom is -0.496 e. The molecule has 0 aliphatic carbocycles. The molecule has 3 rings (SSSR count). The van der Waals surface area contributed by atoms with E-state index in [2.05, 4.69) is 10.1 Å². The number of methoxy groups -OCH3 is 1. The maximum absolute atomic E-state index is 11.3. The Bertz CT molecular complexity index is 985. The van der Waals surface area contributed by atoms with E-state index in [-0.39, 0.29) is 11.7 Å². The van der Waals surface area contributed by atoms with E-state index in [4.69, 9.17) is 10.00 Å². The van der Waals surface area contributed by atoms with Crippen LogP contribution in [0.25, 0.3) is 16.9 Å². The molecule has 0 bridgehead atoms. The Kier molecular flexibility index (Phi) is 4.18. The number of hydrogen-bond donors (Lipinski definition) is 1. The fraction of sp³-hybridized carbons (Fsp3) is 0.111. The molecular formula is C18H14N4O3. The van der Waals surface area contributed by atoms with E-state index in [1.54, 1.807) is 30.3 Å². The van der Waals surface area contributed by atoms with Gasteiger partial charge in [0, 0.05) is 17.3 Å². The standard InChI is InChI=1S/C18H14N4O3/c1-11(23)13-4-6-17(20-9-13)22-18(24)15(10-21-22)14-5-3-12(8-19)7-16(14)25-2/h3-7,9-10,24H,1-2H3. The number of ether oxygens (including phenoxy) is 1. The van der Waals surface area contributed by atoms with Gasteiger partial charge in [-0.2, -0.15) is 15.0 Å². The first-order chi connectivity index (χ1) is 12.0. The highest BCUT2D eigenvalue weighted by atomic mass is 16.5. The lowest BCUT2D eigenvalue weighted by Crippen LogP contribution is -2.01. The minimum atomic E-state index is -0.119. The summed E-state index contributed by atoms with van der Waals surface area (Å²) in [4.78, 5) is 15.5. The van der Waals surface area contributed by atoms with Crippen LogP contribution < -0.4 is 4.74 Å². The highest BCUT2D eigenvalue weighted by Gasteiger charge is 2.17. The smallest absolute Gasteiger partial charge is 0.223 e. The number of carbonyl (C=O) groups is 1. The molecule has 7 nitrogen and oxygen atoms in total. The number of Topliss-reactive ketones (excluding diaryl/α,β-unsaturated/α-hetero) is 1. The first-order valence-corrected chi connectivity index (χ1v) is 7.38. The molecule has 0 saturated heterocycles. The minimum absolute atomic E-state index is 0.0910. The number of aromatic nitrogens is 3. The number of nitrogens with zero attached hydrogens (tertiary/aromatic N) is 4. The number of hydrogen-bond acceptors (Lipinski definition) is 6. The lowest BCUT2D eigenvalue weighted by molar-refractivity contribution is 0.101. The molecule has 1 N–H and O–H groups in total. The van der Waals surface area contributed by atoms with Crippen molar-refractivity contribution >= 4 is 5.78 Å². The van der Waals surface area contributed by atoms with Gasteiger partial charge in [-0.3, -0.25) is 4.79 Å². The third kappa shape index (κ3) is 2.93. The van der Waals surface area contributed by atoms with Crippen LogP contribution in [-0.2, 0) is 0 Å². The summed E-state index contributed by atoms with van der Waals surface area (Å²) in [6, 6.07) is 10.2. The van der Waals surface area contributed by atoms with Crippen LogP contribution in [0.3, 0.4) is 0 Å². The van der Waals surface area contributed by atoms with Gasteiger partial charge in [0.15, 0.2) is 11.6 Å². The monoisotopic (exact) mass is 334 g/mol. The van der Waals surface area contributed by atoms with Crippen molar-refractivity contribution in [3.8, 4) is 34.6 Å². The second kappa shape index (κ2) is 6.45. The molecule has 0 amide bonds. The lowest BCUT2D eigenvalue weighted by Gasteiger charge is -2.08. The van der Waals surface area contributed by atoms with E-state index in [9.17, 15) is 9.90 Å². The number of pyridine rings is 1. The summed E-state index contributed by atoms with van der Waals surface area (Å²) < 4.78 is 6.56. The van der Waals surface area contributed by atoms with Crippen LogP contribution in [0.5, 0.6) is 11.6 Å². The second-order valence-electron chi connectivity index (χ2n) is 5.28. The summed E-state index contributed by atoms with van der Waals surface area (Å²) in [5.41, 5.74) is 1.97. The number of rotatable bonds is 4. The van der Waals surface area contributed by atoms with E-state index in [1.807, 2.05) is 6.07 Å². The maximum atomic E-state index is 11.3. The second-order valence-corrected chi connectivity index (χ2v) is 5.28. The zero-order valence-corrected chi connectivity index (χ0v) is 13.6. The Hall–Kier alpha value is -3.66. The van der Waals surface area contributed by atoms with Crippen molar-refractivity contribution < 1.29 is 14.6 Å². The number of carbonyl (C=O) groups excluding carboxylic acids is 1. The van der Waals surface area contributed by atoms with E-state index in [0.29, 0.717) is 33.8 Å². The van der Waals surface area contributed by atoms with Gasteiger partial charge in [0.2, 0.25) is 5.88 Å². The number of nitriles is 1. The predicted molar refractivity (Wildman–Crippen MR) is 89.7 cm³/mol. The summed E-state index contributed by atoms with van der Waals surface area (Å²) in [6.45, 7) is 1.46. The Morgan fingerprint density at radius 3 is 2.64 bits per heavy atom. The average Bonchev–Trinajstić information content (AvgIpc) is 3.02. The SMILES string of the molecule is COc1cc(C#N)ccc1-c1cnn(-c2ccc(C(C)=O)cn2)c1O. The summed E-state index contributed by atoms with van der Waals surface area (Å²) in [6.07, 6.45) is 2.92. The summed E-state index contributed by atoms with van der Waals surface area (Å²) in [5, 5.41) is 23.7. The molecule has 25 heavy (non-hydrogen) atoms. The predicted octanol–water partition coefficient (Wildman–Crippen LogP) is 2.72. The molecule has 0 atom stereocenters. The van der Waals surface area contributed by atoms with Crippen molar-refractivity contribution in [3.63, 3.8) is 0 Å². The molecule has 0 aliphatic rings. The molecule has 7 heteroatoms. The first-order valence-electron chi connectivity index (χ1n) is 7.38. The molecule has 0 saturated carbocycles. The third-order valence-electron chi connectivity index (χ3n) is 3.74. The van der Waals surface area contributed by atoms with Gasteiger partial charge < -0.3 is 9.84 Å².